The summed E-state index contributed by atoms with van der Waals surface area (Å²) in [5.41, 5.74) is 1.86. The molecule has 138 valence electrons. The predicted octanol–water partition coefficient (Wildman–Crippen LogP) is 2.94. The molecule has 1 aromatic heterocycles. The lowest BCUT2D eigenvalue weighted by molar-refractivity contribution is -0.385. The fraction of sp³-hybridized carbons (Fsp3) is 0.444. The number of nitrogens with zero attached hydrogens (tertiary/aromatic N) is 5. The Morgan fingerprint density at radius 1 is 1.12 bits per heavy atom. The van der Waals surface area contributed by atoms with Crippen LogP contribution in [0, 0.1) is 24.0 Å². The summed E-state index contributed by atoms with van der Waals surface area (Å²) in [4.78, 5) is 23.7. The van der Waals surface area contributed by atoms with Crippen LogP contribution in [-0.4, -0.2) is 52.5 Å². The first-order chi connectivity index (χ1) is 12.5. The van der Waals surface area contributed by atoms with Crippen molar-refractivity contribution in [3.63, 3.8) is 0 Å². The van der Waals surface area contributed by atoms with Crippen LogP contribution in [0.15, 0.2) is 24.5 Å². The number of benzene rings is 1. The molecule has 1 aliphatic rings. The first-order valence-electron chi connectivity index (χ1n) is 8.70. The van der Waals surface area contributed by atoms with Crippen molar-refractivity contribution in [1.82, 2.24) is 14.9 Å². The quantitative estimate of drug-likeness (QED) is 0.601. The maximum absolute atomic E-state index is 11.7. The van der Waals surface area contributed by atoms with Gasteiger partial charge < -0.3 is 14.5 Å². The standard InChI is InChI=1S/C18H23N5O3/c1-4-21-5-7-22(8-6-21)17-16(23(24)25)18(20-12-19-17)26-15-10-13(2)9-14(3)11-15/h9-12H,4-8H2,1-3H3. The lowest BCUT2D eigenvalue weighted by Crippen LogP contribution is -2.46. The molecular weight excluding hydrogens is 334 g/mol. The number of nitro groups is 1. The highest BCUT2D eigenvalue weighted by molar-refractivity contribution is 5.63. The van der Waals surface area contributed by atoms with Gasteiger partial charge in [-0.15, -0.1) is 0 Å². The van der Waals surface area contributed by atoms with Gasteiger partial charge in [0.05, 0.1) is 4.92 Å². The predicted molar refractivity (Wildman–Crippen MR) is 99.0 cm³/mol. The summed E-state index contributed by atoms with van der Waals surface area (Å²) in [5.74, 6) is 0.828. The van der Waals surface area contributed by atoms with Gasteiger partial charge in [0.1, 0.15) is 12.1 Å². The Balaban J connectivity index is 1.92. The SMILES string of the molecule is CCN1CCN(c2ncnc(Oc3cc(C)cc(C)c3)c2[N+](=O)[O-])CC1. The molecule has 1 aromatic carbocycles. The summed E-state index contributed by atoms with van der Waals surface area (Å²) >= 11 is 0. The van der Waals surface area contributed by atoms with E-state index in [0.717, 1.165) is 30.8 Å². The highest BCUT2D eigenvalue weighted by Crippen LogP contribution is 2.36. The van der Waals surface area contributed by atoms with Gasteiger partial charge in [-0.2, -0.15) is 4.98 Å². The van der Waals surface area contributed by atoms with Gasteiger partial charge >= 0.3 is 11.6 Å². The first-order valence-corrected chi connectivity index (χ1v) is 8.70. The zero-order valence-corrected chi connectivity index (χ0v) is 15.3. The Labute approximate surface area is 152 Å². The van der Waals surface area contributed by atoms with Crippen molar-refractivity contribution < 1.29 is 9.66 Å². The Bertz CT molecular complexity index is 783. The molecule has 0 radical (unpaired) electrons. The van der Waals surface area contributed by atoms with Crippen LogP contribution in [0.5, 0.6) is 11.6 Å². The first kappa shape index (κ1) is 18.1. The summed E-state index contributed by atoms with van der Waals surface area (Å²) < 4.78 is 5.78. The molecule has 0 spiro atoms. The number of likely N-dealkylation sites (N-methyl/N-ethyl adjacent to an activating group) is 1. The fourth-order valence-corrected chi connectivity index (χ4v) is 3.20. The van der Waals surface area contributed by atoms with Crippen molar-refractivity contribution in [3.8, 4) is 11.6 Å². The molecule has 0 bridgehead atoms. The summed E-state index contributed by atoms with van der Waals surface area (Å²) in [5, 5.41) is 11.7. The van der Waals surface area contributed by atoms with E-state index in [-0.39, 0.29) is 11.6 Å². The molecule has 1 fully saturated rings. The van der Waals surface area contributed by atoms with Crippen molar-refractivity contribution in [2.24, 2.45) is 0 Å². The van der Waals surface area contributed by atoms with Gasteiger partial charge in [0.25, 0.3) is 0 Å². The molecule has 0 N–H and O–H groups in total. The number of hydrogen-bond acceptors (Lipinski definition) is 7. The van der Waals surface area contributed by atoms with E-state index in [1.807, 2.05) is 36.9 Å². The normalized spacial score (nSPS) is 15.1. The second-order valence-corrected chi connectivity index (χ2v) is 6.45. The summed E-state index contributed by atoms with van der Waals surface area (Å²) in [6.07, 6.45) is 1.33. The molecule has 8 heteroatoms. The van der Waals surface area contributed by atoms with Crippen molar-refractivity contribution in [3.05, 3.63) is 45.8 Å². The number of ether oxygens (including phenoxy) is 1. The van der Waals surface area contributed by atoms with Gasteiger partial charge in [-0.3, -0.25) is 10.1 Å². The van der Waals surface area contributed by atoms with Crippen LogP contribution >= 0.6 is 0 Å². The fourth-order valence-electron chi connectivity index (χ4n) is 3.20. The maximum atomic E-state index is 11.7. The van der Waals surface area contributed by atoms with Crippen LogP contribution < -0.4 is 9.64 Å². The van der Waals surface area contributed by atoms with Gasteiger partial charge in [0.15, 0.2) is 0 Å². The lowest BCUT2D eigenvalue weighted by atomic mass is 10.1. The number of aromatic nitrogens is 2. The van der Waals surface area contributed by atoms with E-state index >= 15 is 0 Å². The van der Waals surface area contributed by atoms with Crippen molar-refractivity contribution in [2.45, 2.75) is 20.8 Å². The van der Waals surface area contributed by atoms with E-state index in [0.29, 0.717) is 24.7 Å². The van der Waals surface area contributed by atoms with E-state index in [4.69, 9.17) is 4.74 Å². The third kappa shape index (κ3) is 3.91. The van der Waals surface area contributed by atoms with Crippen LogP contribution in [0.2, 0.25) is 0 Å². The molecule has 0 amide bonds. The van der Waals surface area contributed by atoms with Gasteiger partial charge in [-0.1, -0.05) is 13.0 Å². The van der Waals surface area contributed by atoms with Gasteiger partial charge in [-0.25, -0.2) is 4.98 Å². The van der Waals surface area contributed by atoms with Crippen molar-refractivity contribution in [2.75, 3.05) is 37.6 Å². The van der Waals surface area contributed by atoms with E-state index < -0.39 is 4.92 Å². The van der Waals surface area contributed by atoms with Crippen molar-refractivity contribution in [1.29, 1.82) is 0 Å². The number of rotatable bonds is 5. The Kier molecular flexibility index (Phi) is 5.32. The summed E-state index contributed by atoms with van der Waals surface area (Å²) in [6, 6.07) is 5.68. The van der Waals surface area contributed by atoms with Crippen LogP contribution in [0.1, 0.15) is 18.1 Å². The van der Waals surface area contributed by atoms with Crippen LogP contribution in [0.25, 0.3) is 0 Å². The minimum atomic E-state index is -0.459. The number of aryl methyl sites for hydroxylation is 2. The Hall–Kier alpha value is -2.74. The smallest absolute Gasteiger partial charge is 0.373 e. The van der Waals surface area contributed by atoms with Gasteiger partial charge in [0, 0.05) is 26.2 Å². The molecule has 8 nitrogen and oxygen atoms in total. The minimum Gasteiger partial charge on any atom is -0.434 e. The second-order valence-electron chi connectivity index (χ2n) is 6.45. The summed E-state index contributed by atoms with van der Waals surface area (Å²) in [7, 11) is 0. The van der Waals surface area contributed by atoms with Gasteiger partial charge in [0.2, 0.25) is 5.82 Å². The zero-order valence-electron chi connectivity index (χ0n) is 15.3. The van der Waals surface area contributed by atoms with Crippen LogP contribution in [-0.2, 0) is 0 Å². The zero-order chi connectivity index (χ0) is 18.7. The third-order valence-electron chi connectivity index (χ3n) is 4.48. The maximum Gasteiger partial charge on any atom is 0.373 e. The third-order valence-corrected chi connectivity index (χ3v) is 4.48. The molecule has 0 unspecified atom stereocenters. The molecule has 0 aliphatic carbocycles. The molecule has 2 heterocycles. The number of hydrogen-bond donors (Lipinski definition) is 0. The van der Waals surface area contributed by atoms with E-state index in [2.05, 4.69) is 21.8 Å². The monoisotopic (exact) mass is 357 g/mol. The Morgan fingerprint density at radius 2 is 1.77 bits per heavy atom. The molecular formula is C18H23N5O3. The molecule has 0 atom stereocenters. The van der Waals surface area contributed by atoms with Gasteiger partial charge in [-0.05, 0) is 43.7 Å². The molecule has 0 saturated carbocycles. The molecule has 2 aromatic rings. The molecule has 26 heavy (non-hydrogen) atoms. The Morgan fingerprint density at radius 3 is 2.35 bits per heavy atom. The van der Waals surface area contributed by atoms with Crippen LogP contribution in [0.4, 0.5) is 11.5 Å². The summed E-state index contributed by atoms with van der Waals surface area (Å²) in [6.45, 7) is 10.1. The largest absolute Gasteiger partial charge is 0.434 e. The molecule has 1 saturated heterocycles. The van der Waals surface area contributed by atoms with Crippen molar-refractivity contribution >= 4 is 11.5 Å². The topological polar surface area (TPSA) is 84.6 Å². The lowest BCUT2D eigenvalue weighted by Gasteiger charge is -2.34. The van der Waals surface area contributed by atoms with E-state index in [1.165, 1.54) is 6.33 Å². The van der Waals surface area contributed by atoms with E-state index in [1.54, 1.807) is 0 Å². The minimum absolute atomic E-state index is 0.0251. The molecule has 3 rings (SSSR count). The highest BCUT2D eigenvalue weighted by Gasteiger charge is 2.30. The number of anilines is 1. The molecule has 1 aliphatic heterocycles. The average Bonchev–Trinajstić information content (AvgIpc) is 2.60. The second kappa shape index (κ2) is 7.65. The average molecular weight is 357 g/mol. The van der Waals surface area contributed by atoms with E-state index in [9.17, 15) is 10.1 Å². The highest BCUT2D eigenvalue weighted by atomic mass is 16.6. The number of piperazine rings is 1. The van der Waals surface area contributed by atoms with Crippen LogP contribution in [0.3, 0.4) is 0 Å².